The van der Waals surface area contributed by atoms with Gasteiger partial charge in [0.15, 0.2) is 0 Å². The Kier molecular flexibility index (Phi) is 12.0. The summed E-state index contributed by atoms with van der Waals surface area (Å²) >= 11 is 0. The van der Waals surface area contributed by atoms with Crippen LogP contribution < -0.4 is 5.73 Å². The molecule has 1 amide bonds. The topological polar surface area (TPSA) is 162 Å². The van der Waals surface area contributed by atoms with E-state index in [4.69, 9.17) is 14.8 Å². The molecular formula is C33H46N4O7S2. The summed E-state index contributed by atoms with van der Waals surface area (Å²) in [7, 11) is -6.73. The number of piperazine rings is 1. The Bertz CT molecular complexity index is 1660. The van der Waals surface area contributed by atoms with Crippen LogP contribution in [0.3, 0.4) is 0 Å². The van der Waals surface area contributed by atoms with Gasteiger partial charge in [-0.05, 0) is 81.1 Å². The molecule has 2 heterocycles. The molecule has 11 nitrogen and oxygen atoms in total. The summed E-state index contributed by atoms with van der Waals surface area (Å²) in [5, 5.41) is 0.0465. The SMILES string of the molecule is CCc1ccc(C[C@@H](N)C(=O)N2CCN(C3CCN(C)CC3)CC2)cc1CC.O=S(=O)(O)c1cccc2c(S(=O)(=O)O)cccc12. The van der Waals surface area contributed by atoms with Crippen LogP contribution in [0.5, 0.6) is 0 Å². The summed E-state index contributed by atoms with van der Waals surface area (Å²) in [6, 6.07) is 14.4. The van der Waals surface area contributed by atoms with Crippen LogP contribution in [0.1, 0.15) is 43.4 Å². The molecule has 46 heavy (non-hydrogen) atoms. The predicted octanol–water partition coefficient (Wildman–Crippen LogP) is 3.25. The van der Waals surface area contributed by atoms with Crippen molar-refractivity contribution in [1.29, 1.82) is 0 Å². The van der Waals surface area contributed by atoms with Gasteiger partial charge in [-0.1, -0.05) is 56.3 Å². The highest BCUT2D eigenvalue weighted by molar-refractivity contribution is 7.86. The number of nitrogens with zero attached hydrogens (tertiary/aromatic N) is 3. The highest BCUT2D eigenvalue weighted by Crippen LogP contribution is 2.28. The van der Waals surface area contributed by atoms with Gasteiger partial charge in [0.05, 0.1) is 6.04 Å². The van der Waals surface area contributed by atoms with Crippen LogP contribution in [0.15, 0.2) is 64.4 Å². The van der Waals surface area contributed by atoms with Crippen molar-refractivity contribution in [3.05, 3.63) is 71.3 Å². The number of aryl methyl sites for hydroxylation is 2. The molecule has 2 fully saturated rings. The smallest absolute Gasteiger partial charge is 0.295 e. The second-order valence-corrected chi connectivity index (χ2v) is 14.9. The number of rotatable bonds is 8. The lowest BCUT2D eigenvalue weighted by atomic mass is 9.96. The Balaban J connectivity index is 0.000000230. The fourth-order valence-corrected chi connectivity index (χ4v) is 7.84. The molecule has 0 spiro atoms. The summed E-state index contributed by atoms with van der Waals surface area (Å²) < 4.78 is 62.7. The highest BCUT2D eigenvalue weighted by Gasteiger charge is 2.30. The van der Waals surface area contributed by atoms with Crippen molar-refractivity contribution in [2.75, 3.05) is 46.3 Å². The number of fused-ring (bicyclic) bond motifs is 1. The standard InChI is InChI=1S/C23H38N4O.C10H8O6S2/c1-4-19-7-6-18(16-20(19)5-2)17-22(24)23(28)27-14-12-26(13-15-27)21-8-10-25(3)11-9-21;11-17(12,13)9-5-1-3-7-8(9)4-2-6-10(7)18(14,15)16/h6-7,16,21-22H,4-5,8-15,17,24H2,1-3H3;1-6H,(H,11,12,13)(H,14,15,16)/t22-;/m1./s1. The van der Waals surface area contributed by atoms with Crippen molar-refractivity contribution >= 4 is 36.9 Å². The van der Waals surface area contributed by atoms with Crippen molar-refractivity contribution in [3.63, 3.8) is 0 Å². The molecule has 0 bridgehead atoms. The molecule has 2 saturated heterocycles. The van der Waals surface area contributed by atoms with E-state index in [0.717, 1.165) is 51.2 Å². The zero-order valence-electron chi connectivity index (χ0n) is 26.8. The van der Waals surface area contributed by atoms with Crippen molar-refractivity contribution < 1.29 is 30.7 Å². The molecule has 1 atom stereocenters. The number of carbonyl (C=O) groups is 1. The molecule has 252 valence electrons. The van der Waals surface area contributed by atoms with Gasteiger partial charge in [0.2, 0.25) is 5.91 Å². The van der Waals surface area contributed by atoms with Gasteiger partial charge in [0, 0.05) is 43.0 Å². The minimum atomic E-state index is -4.47. The third kappa shape index (κ3) is 8.91. The largest absolute Gasteiger partial charge is 0.339 e. The second-order valence-electron chi connectivity index (χ2n) is 12.1. The van der Waals surface area contributed by atoms with E-state index in [-0.39, 0.29) is 16.7 Å². The molecule has 0 saturated carbocycles. The first-order valence-electron chi connectivity index (χ1n) is 15.8. The van der Waals surface area contributed by atoms with E-state index in [1.54, 1.807) is 0 Å². The zero-order chi connectivity index (χ0) is 33.6. The van der Waals surface area contributed by atoms with Gasteiger partial charge < -0.3 is 15.5 Å². The molecule has 0 radical (unpaired) electrons. The quantitative estimate of drug-likeness (QED) is 0.303. The minimum Gasteiger partial charge on any atom is -0.339 e. The van der Waals surface area contributed by atoms with Crippen LogP contribution in [-0.2, 0) is 44.3 Å². The van der Waals surface area contributed by atoms with Gasteiger partial charge in [-0.15, -0.1) is 0 Å². The van der Waals surface area contributed by atoms with Crippen LogP contribution in [0.2, 0.25) is 0 Å². The third-order valence-corrected chi connectivity index (χ3v) is 10.9. The Hall–Kier alpha value is -2.91. The van der Waals surface area contributed by atoms with Crippen LogP contribution in [0.4, 0.5) is 0 Å². The van der Waals surface area contributed by atoms with E-state index in [9.17, 15) is 21.6 Å². The number of benzene rings is 3. The fraction of sp³-hybridized carbons (Fsp3) is 0.485. The first-order chi connectivity index (χ1) is 21.7. The molecule has 2 aliphatic heterocycles. The first kappa shape index (κ1) is 35.9. The summed E-state index contributed by atoms with van der Waals surface area (Å²) in [5.74, 6) is 0.112. The van der Waals surface area contributed by atoms with Gasteiger partial charge in [0.1, 0.15) is 9.79 Å². The Morgan fingerprint density at radius 2 is 1.33 bits per heavy atom. The van der Waals surface area contributed by atoms with Crippen molar-refractivity contribution in [1.82, 2.24) is 14.7 Å². The summed E-state index contributed by atoms with van der Waals surface area (Å²) in [4.78, 5) is 19.0. The Morgan fingerprint density at radius 1 is 0.804 bits per heavy atom. The summed E-state index contributed by atoms with van der Waals surface area (Å²) in [5.41, 5.74) is 10.3. The maximum atomic E-state index is 12.9. The number of nitrogens with two attached hydrogens (primary N) is 1. The first-order valence-corrected chi connectivity index (χ1v) is 18.6. The lowest BCUT2D eigenvalue weighted by Gasteiger charge is -2.42. The summed E-state index contributed by atoms with van der Waals surface area (Å²) in [6.07, 6.45) is 5.20. The average Bonchev–Trinajstić information content (AvgIpc) is 3.03. The monoisotopic (exact) mass is 674 g/mol. The van der Waals surface area contributed by atoms with Crippen LogP contribution in [0, 0.1) is 0 Å². The van der Waals surface area contributed by atoms with E-state index in [1.807, 2.05) is 4.90 Å². The van der Waals surface area contributed by atoms with Gasteiger partial charge in [-0.3, -0.25) is 18.8 Å². The van der Waals surface area contributed by atoms with Crippen LogP contribution in [-0.4, -0.2) is 105 Å². The van der Waals surface area contributed by atoms with E-state index in [0.29, 0.717) is 12.5 Å². The molecule has 2 aliphatic rings. The maximum Gasteiger partial charge on any atom is 0.295 e. The molecule has 5 rings (SSSR count). The van der Waals surface area contributed by atoms with E-state index < -0.39 is 36.1 Å². The Morgan fingerprint density at radius 3 is 1.80 bits per heavy atom. The molecule has 0 aromatic heterocycles. The number of piperidine rings is 1. The molecular weight excluding hydrogens is 629 g/mol. The molecule has 3 aromatic carbocycles. The second kappa shape index (κ2) is 15.3. The molecule has 3 aromatic rings. The maximum absolute atomic E-state index is 12.9. The number of carbonyl (C=O) groups excluding carboxylic acids is 1. The van der Waals surface area contributed by atoms with Gasteiger partial charge >= 0.3 is 0 Å². The van der Waals surface area contributed by atoms with Gasteiger partial charge in [-0.25, -0.2) is 0 Å². The lowest BCUT2D eigenvalue weighted by Crippen LogP contribution is -2.56. The van der Waals surface area contributed by atoms with Crippen molar-refractivity contribution in [2.24, 2.45) is 5.73 Å². The fourth-order valence-electron chi connectivity index (χ4n) is 6.43. The molecule has 13 heteroatoms. The number of hydrogen-bond donors (Lipinski definition) is 3. The number of hydrogen-bond acceptors (Lipinski definition) is 8. The predicted molar refractivity (Wildman–Crippen MR) is 179 cm³/mol. The van der Waals surface area contributed by atoms with Crippen molar-refractivity contribution in [3.8, 4) is 0 Å². The van der Waals surface area contributed by atoms with Crippen LogP contribution >= 0.6 is 0 Å². The minimum absolute atomic E-state index is 0.0233. The highest BCUT2D eigenvalue weighted by atomic mass is 32.2. The molecule has 4 N–H and O–H groups in total. The van der Waals surface area contributed by atoms with Gasteiger partial charge in [0.25, 0.3) is 20.2 Å². The zero-order valence-corrected chi connectivity index (χ0v) is 28.4. The van der Waals surface area contributed by atoms with Crippen LogP contribution in [0.25, 0.3) is 10.8 Å². The summed E-state index contributed by atoms with van der Waals surface area (Å²) in [6.45, 7) is 10.3. The number of amides is 1. The van der Waals surface area contributed by atoms with Crippen molar-refractivity contribution in [2.45, 2.75) is 67.8 Å². The average molecular weight is 675 g/mol. The van der Waals surface area contributed by atoms with E-state index in [1.165, 1.54) is 66.9 Å². The van der Waals surface area contributed by atoms with E-state index in [2.05, 4.69) is 48.9 Å². The van der Waals surface area contributed by atoms with Gasteiger partial charge in [-0.2, -0.15) is 16.8 Å². The van der Waals surface area contributed by atoms with E-state index >= 15 is 0 Å². The molecule has 0 aliphatic carbocycles. The Labute approximate surface area is 272 Å². The normalized spacial score (nSPS) is 17.8. The number of likely N-dealkylation sites (tertiary alicyclic amines) is 1. The lowest BCUT2D eigenvalue weighted by molar-refractivity contribution is -0.134. The third-order valence-electron chi connectivity index (χ3n) is 9.03. The molecule has 0 unspecified atom stereocenters.